The summed E-state index contributed by atoms with van der Waals surface area (Å²) in [7, 11) is 1.51. The van der Waals surface area contributed by atoms with Gasteiger partial charge in [-0.05, 0) is 56.9 Å². The van der Waals surface area contributed by atoms with Crippen LogP contribution in [-0.4, -0.2) is 41.5 Å². The predicted molar refractivity (Wildman–Crippen MR) is 143 cm³/mol. The van der Waals surface area contributed by atoms with Gasteiger partial charge in [-0.15, -0.1) is 6.42 Å². The molecule has 0 heterocycles. The molecule has 2 aromatic carbocycles. The molecule has 2 unspecified atom stereocenters. The summed E-state index contributed by atoms with van der Waals surface area (Å²) < 4.78 is 5.34. The predicted octanol–water partition coefficient (Wildman–Crippen LogP) is 5.32. The molecule has 0 radical (unpaired) electrons. The number of nitrogens with one attached hydrogen (secondary N) is 2. The van der Waals surface area contributed by atoms with E-state index < -0.39 is 35.6 Å². The quantitative estimate of drug-likeness (QED) is 0.493. The molecule has 0 aliphatic heterocycles. The first-order valence-electron chi connectivity index (χ1n) is 11.6. The minimum atomic E-state index is -1.10. The van der Waals surface area contributed by atoms with Crippen LogP contribution < -0.4 is 10.6 Å². The topological polar surface area (TPSA) is 87.7 Å². The number of likely N-dealkylation sites (N-methyl/N-ethyl adjacent to an activating group) is 1. The zero-order chi connectivity index (χ0) is 27.2. The van der Waals surface area contributed by atoms with Crippen LogP contribution in [0.5, 0.6) is 0 Å². The third-order valence-corrected chi connectivity index (χ3v) is 5.78. The number of benzene rings is 2. The van der Waals surface area contributed by atoms with Crippen molar-refractivity contribution in [3.8, 4) is 12.3 Å². The van der Waals surface area contributed by atoms with Gasteiger partial charge in [0.05, 0.1) is 10.7 Å². The van der Waals surface area contributed by atoms with E-state index in [0.717, 1.165) is 5.56 Å². The molecule has 7 nitrogen and oxygen atoms in total. The van der Waals surface area contributed by atoms with Crippen LogP contribution in [0.4, 0.5) is 10.5 Å². The lowest BCUT2D eigenvalue weighted by molar-refractivity contribution is -0.140. The maximum absolute atomic E-state index is 13.7. The van der Waals surface area contributed by atoms with Crippen LogP contribution in [0.1, 0.15) is 57.4 Å². The zero-order valence-electron chi connectivity index (χ0n) is 21.8. The Labute approximate surface area is 218 Å². The minimum Gasteiger partial charge on any atom is -0.444 e. The van der Waals surface area contributed by atoms with Crippen molar-refractivity contribution in [1.29, 1.82) is 0 Å². The van der Waals surface area contributed by atoms with Crippen molar-refractivity contribution in [2.24, 2.45) is 5.92 Å². The first kappa shape index (κ1) is 28.7. The molecule has 0 fully saturated rings. The summed E-state index contributed by atoms with van der Waals surface area (Å²) in [5, 5.41) is 5.88. The highest BCUT2D eigenvalue weighted by atomic mass is 35.5. The number of aryl methyl sites for hydroxylation is 1. The summed E-state index contributed by atoms with van der Waals surface area (Å²) in [6, 6.07) is 10.1. The Morgan fingerprint density at radius 3 is 2.28 bits per heavy atom. The van der Waals surface area contributed by atoms with Crippen LogP contribution in [-0.2, 0) is 14.3 Å². The van der Waals surface area contributed by atoms with Gasteiger partial charge in [0, 0.05) is 12.6 Å². The molecule has 3 amide bonds. The lowest BCUT2D eigenvalue weighted by Crippen LogP contribution is -2.53. The number of carbonyl (C=O) groups is 3. The summed E-state index contributed by atoms with van der Waals surface area (Å²) >= 11 is 6.34. The number of rotatable bonds is 7. The van der Waals surface area contributed by atoms with E-state index in [0.29, 0.717) is 21.8 Å². The van der Waals surface area contributed by atoms with Gasteiger partial charge in [0.25, 0.3) is 5.91 Å². The fourth-order valence-corrected chi connectivity index (χ4v) is 3.94. The number of carbonyl (C=O) groups excluding carboxylic acids is 3. The SMILES string of the molecule is C#Cc1ccccc1C(C(=O)Nc1c(C)cccc1Cl)N(C)C(=O)C(NC(=O)OC(C)(C)C)C(C)C. The monoisotopic (exact) mass is 511 g/mol. The minimum absolute atomic E-state index is 0.287. The van der Waals surface area contributed by atoms with Gasteiger partial charge in [-0.3, -0.25) is 9.59 Å². The van der Waals surface area contributed by atoms with Crippen molar-refractivity contribution in [1.82, 2.24) is 10.2 Å². The third-order valence-electron chi connectivity index (χ3n) is 5.47. The van der Waals surface area contributed by atoms with Crippen molar-refractivity contribution in [3.05, 3.63) is 64.2 Å². The fraction of sp³-hybridized carbons (Fsp3) is 0.393. The first-order valence-corrected chi connectivity index (χ1v) is 12.0. The molecular weight excluding hydrogens is 478 g/mol. The highest BCUT2D eigenvalue weighted by Gasteiger charge is 2.36. The lowest BCUT2D eigenvalue weighted by Gasteiger charge is -2.33. The Hall–Kier alpha value is -3.50. The van der Waals surface area contributed by atoms with Crippen molar-refractivity contribution in [2.75, 3.05) is 12.4 Å². The Bertz CT molecular complexity index is 1140. The Kier molecular flexibility index (Phi) is 9.55. The van der Waals surface area contributed by atoms with Crippen LogP contribution in [0.3, 0.4) is 0 Å². The number of hydrogen-bond acceptors (Lipinski definition) is 4. The molecule has 2 N–H and O–H groups in total. The van der Waals surface area contributed by atoms with Crippen molar-refractivity contribution >= 4 is 35.2 Å². The average molecular weight is 512 g/mol. The molecule has 0 saturated heterocycles. The number of terminal acetylenes is 1. The van der Waals surface area contributed by atoms with E-state index in [4.69, 9.17) is 22.8 Å². The van der Waals surface area contributed by atoms with E-state index in [9.17, 15) is 14.4 Å². The Balaban J connectivity index is 2.48. The molecule has 0 aliphatic rings. The molecule has 0 saturated carbocycles. The largest absolute Gasteiger partial charge is 0.444 e. The molecule has 0 bridgehead atoms. The van der Waals surface area contributed by atoms with E-state index >= 15 is 0 Å². The van der Waals surface area contributed by atoms with Gasteiger partial charge in [0.1, 0.15) is 17.7 Å². The number of para-hydroxylation sites is 1. The van der Waals surface area contributed by atoms with Gasteiger partial charge in [-0.2, -0.15) is 0 Å². The number of nitrogens with zero attached hydrogens (tertiary/aromatic N) is 1. The summed E-state index contributed by atoms with van der Waals surface area (Å²) in [4.78, 5) is 41.1. The number of halogens is 1. The molecule has 2 atom stereocenters. The lowest BCUT2D eigenvalue weighted by atomic mass is 9.96. The van der Waals surface area contributed by atoms with E-state index in [1.54, 1.807) is 71.0 Å². The first-order chi connectivity index (χ1) is 16.8. The van der Waals surface area contributed by atoms with Crippen LogP contribution in [0, 0.1) is 25.2 Å². The van der Waals surface area contributed by atoms with E-state index in [2.05, 4.69) is 16.6 Å². The summed E-state index contributed by atoms with van der Waals surface area (Å²) in [5.41, 5.74) is 1.41. The molecule has 192 valence electrons. The van der Waals surface area contributed by atoms with Gasteiger partial charge < -0.3 is 20.3 Å². The smallest absolute Gasteiger partial charge is 0.408 e. The molecule has 2 aromatic rings. The van der Waals surface area contributed by atoms with E-state index in [1.807, 2.05) is 13.0 Å². The summed E-state index contributed by atoms with van der Waals surface area (Å²) in [6.07, 6.45) is 5.00. The maximum Gasteiger partial charge on any atom is 0.408 e. The van der Waals surface area contributed by atoms with Crippen LogP contribution in [0.15, 0.2) is 42.5 Å². The summed E-state index contributed by atoms with van der Waals surface area (Å²) in [5.74, 6) is 1.33. The standard InChI is InChI=1S/C28H34ClN3O4/c1-9-19-14-10-11-15-20(19)24(25(33)30-23-18(4)13-12-16-21(23)29)32(8)26(34)22(17(2)3)31-27(35)36-28(5,6)7/h1,10-17,22,24H,2-8H3,(H,30,33)(H,31,35). The van der Waals surface area contributed by atoms with Crippen molar-refractivity contribution in [3.63, 3.8) is 0 Å². The normalized spacial score (nSPS) is 12.8. The van der Waals surface area contributed by atoms with Gasteiger partial charge in [-0.1, -0.05) is 61.7 Å². The highest BCUT2D eigenvalue weighted by Crippen LogP contribution is 2.30. The number of amides is 3. The molecular formula is C28H34ClN3O4. The molecule has 8 heteroatoms. The molecule has 2 rings (SSSR count). The molecule has 0 spiro atoms. The van der Waals surface area contributed by atoms with Gasteiger partial charge in [0.15, 0.2) is 0 Å². The summed E-state index contributed by atoms with van der Waals surface area (Å²) in [6.45, 7) is 10.6. The van der Waals surface area contributed by atoms with E-state index in [1.165, 1.54) is 11.9 Å². The highest BCUT2D eigenvalue weighted by molar-refractivity contribution is 6.34. The molecule has 36 heavy (non-hydrogen) atoms. The van der Waals surface area contributed by atoms with Gasteiger partial charge in [-0.25, -0.2) is 4.79 Å². The van der Waals surface area contributed by atoms with E-state index in [-0.39, 0.29) is 5.92 Å². The van der Waals surface area contributed by atoms with Crippen LogP contribution in [0.2, 0.25) is 5.02 Å². The molecule has 0 aromatic heterocycles. The number of ether oxygens (including phenoxy) is 1. The second-order valence-electron chi connectivity index (χ2n) is 9.87. The van der Waals surface area contributed by atoms with Crippen LogP contribution in [0.25, 0.3) is 0 Å². The Morgan fingerprint density at radius 1 is 1.08 bits per heavy atom. The second kappa shape index (κ2) is 12.0. The number of hydrogen-bond donors (Lipinski definition) is 2. The second-order valence-corrected chi connectivity index (χ2v) is 10.3. The van der Waals surface area contributed by atoms with Crippen molar-refractivity contribution in [2.45, 2.75) is 59.2 Å². The maximum atomic E-state index is 13.7. The number of alkyl carbamates (subject to hydrolysis) is 1. The van der Waals surface area contributed by atoms with Crippen molar-refractivity contribution < 1.29 is 19.1 Å². The third kappa shape index (κ3) is 7.25. The Morgan fingerprint density at radius 2 is 1.72 bits per heavy atom. The van der Waals surface area contributed by atoms with Gasteiger partial charge >= 0.3 is 6.09 Å². The van der Waals surface area contributed by atoms with Crippen LogP contribution >= 0.6 is 11.6 Å². The molecule has 0 aliphatic carbocycles. The fourth-order valence-electron chi connectivity index (χ4n) is 3.67. The van der Waals surface area contributed by atoms with Gasteiger partial charge in [0.2, 0.25) is 5.91 Å². The zero-order valence-corrected chi connectivity index (χ0v) is 22.6. The average Bonchev–Trinajstić information content (AvgIpc) is 2.78. The number of anilines is 1.